The van der Waals surface area contributed by atoms with E-state index < -0.39 is 0 Å². The molecular weight excluding hydrogens is 533 g/mol. The normalized spacial score (nSPS) is 24.1. The lowest BCUT2D eigenvalue weighted by Crippen LogP contribution is -2.55. The molecule has 10 heteroatoms. The molecular formula is C32H40FN7O2. The Morgan fingerprint density at radius 1 is 1.17 bits per heavy atom. The number of ether oxygens (including phenoxy) is 1. The van der Waals surface area contributed by atoms with E-state index in [0.29, 0.717) is 38.3 Å². The van der Waals surface area contributed by atoms with E-state index >= 15 is 0 Å². The number of piperazine rings is 1. The summed E-state index contributed by atoms with van der Waals surface area (Å²) in [5.41, 5.74) is 4.31. The molecule has 0 spiro atoms. The van der Waals surface area contributed by atoms with E-state index in [9.17, 15) is 14.4 Å². The van der Waals surface area contributed by atoms with Gasteiger partial charge in [-0.05, 0) is 75.9 Å². The minimum atomic E-state index is -0.243. The summed E-state index contributed by atoms with van der Waals surface area (Å²) in [7, 11) is 2.13. The molecule has 3 aliphatic heterocycles. The molecule has 42 heavy (non-hydrogen) atoms. The van der Waals surface area contributed by atoms with Crippen LogP contribution < -0.4 is 14.5 Å². The van der Waals surface area contributed by atoms with Gasteiger partial charge in [0.1, 0.15) is 18.2 Å². The maximum atomic E-state index is 14.3. The molecule has 9 nitrogen and oxygen atoms in total. The Kier molecular flexibility index (Phi) is 8.29. The van der Waals surface area contributed by atoms with Gasteiger partial charge in [0.25, 0.3) is 0 Å². The van der Waals surface area contributed by atoms with Gasteiger partial charge in [0.15, 0.2) is 0 Å². The number of hydrogen-bond acceptors (Lipinski definition) is 8. The number of benzene rings is 1. The molecule has 0 bridgehead atoms. The predicted octanol–water partition coefficient (Wildman–Crippen LogP) is 3.52. The van der Waals surface area contributed by atoms with E-state index in [1.165, 1.54) is 11.6 Å². The van der Waals surface area contributed by atoms with Gasteiger partial charge >= 0.3 is 6.01 Å². The van der Waals surface area contributed by atoms with Gasteiger partial charge in [-0.1, -0.05) is 12.6 Å². The summed E-state index contributed by atoms with van der Waals surface area (Å²) in [6.45, 7) is 7.78. The first-order valence-electron chi connectivity index (χ1n) is 15.3. The number of likely N-dealkylation sites (tertiary alicyclic amines) is 1. The van der Waals surface area contributed by atoms with Crippen molar-refractivity contribution in [1.82, 2.24) is 19.8 Å². The van der Waals surface area contributed by atoms with E-state index in [4.69, 9.17) is 14.7 Å². The lowest BCUT2D eigenvalue weighted by Gasteiger charge is -2.43. The van der Waals surface area contributed by atoms with Crippen molar-refractivity contribution in [3.63, 3.8) is 0 Å². The maximum Gasteiger partial charge on any atom is 0.318 e. The van der Waals surface area contributed by atoms with Gasteiger partial charge in [-0.2, -0.15) is 15.2 Å². The number of likely N-dealkylation sites (N-methyl/N-ethyl adjacent to an activating group) is 1. The summed E-state index contributed by atoms with van der Waals surface area (Å²) < 4.78 is 20.6. The van der Waals surface area contributed by atoms with Gasteiger partial charge in [0.2, 0.25) is 5.91 Å². The fourth-order valence-electron chi connectivity index (χ4n) is 7.20. The third-order valence-electron chi connectivity index (χ3n) is 9.49. The Balaban J connectivity index is 1.30. The molecule has 2 fully saturated rings. The van der Waals surface area contributed by atoms with E-state index in [1.54, 1.807) is 17.0 Å². The molecule has 2 aromatic rings. The Hall–Kier alpha value is -3.71. The zero-order valence-electron chi connectivity index (χ0n) is 24.5. The number of halogens is 1. The topological polar surface area (TPSA) is 88.8 Å². The first kappa shape index (κ1) is 28.4. The number of carbonyl (C=O) groups excluding carboxylic acids is 1. The molecule has 1 aromatic carbocycles. The van der Waals surface area contributed by atoms with Gasteiger partial charge < -0.3 is 24.3 Å². The van der Waals surface area contributed by atoms with Crippen LogP contribution in [0.15, 0.2) is 30.9 Å². The van der Waals surface area contributed by atoms with Crippen molar-refractivity contribution in [1.29, 1.82) is 5.26 Å². The smallest absolute Gasteiger partial charge is 0.318 e. The average Bonchev–Trinajstić information content (AvgIpc) is 3.43. The van der Waals surface area contributed by atoms with E-state index in [-0.39, 0.29) is 30.2 Å². The minimum Gasteiger partial charge on any atom is -0.462 e. The molecule has 0 saturated carbocycles. The van der Waals surface area contributed by atoms with Crippen LogP contribution in [0.4, 0.5) is 15.9 Å². The van der Waals surface area contributed by atoms with Gasteiger partial charge in [-0.15, -0.1) is 0 Å². The molecule has 6 rings (SSSR count). The van der Waals surface area contributed by atoms with Crippen LogP contribution >= 0.6 is 0 Å². The molecule has 4 aliphatic rings. The summed E-state index contributed by atoms with van der Waals surface area (Å²) in [5.74, 6) is 0.507. The molecule has 222 valence electrons. The van der Waals surface area contributed by atoms with Crippen LogP contribution in [-0.4, -0.2) is 90.2 Å². The molecule has 1 aromatic heterocycles. The van der Waals surface area contributed by atoms with E-state index in [2.05, 4.69) is 34.4 Å². The Bertz CT molecular complexity index is 1380. The number of nitrogens with zero attached hydrogens (tertiary/aromatic N) is 7. The molecule has 1 aliphatic carbocycles. The van der Waals surface area contributed by atoms with Crippen molar-refractivity contribution in [3.05, 3.63) is 53.5 Å². The molecule has 4 heterocycles. The van der Waals surface area contributed by atoms with Crippen molar-refractivity contribution in [2.24, 2.45) is 0 Å². The van der Waals surface area contributed by atoms with Crippen LogP contribution in [0.3, 0.4) is 0 Å². The summed E-state index contributed by atoms with van der Waals surface area (Å²) in [6.07, 6.45) is 8.30. The Morgan fingerprint density at radius 2 is 2.05 bits per heavy atom. The molecule has 0 N–H and O–H groups in total. The highest BCUT2D eigenvalue weighted by Crippen LogP contribution is 2.37. The maximum absolute atomic E-state index is 14.3. The van der Waals surface area contributed by atoms with Crippen LogP contribution in [0.2, 0.25) is 0 Å². The number of amides is 1. The van der Waals surface area contributed by atoms with Crippen molar-refractivity contribution < 1.29 is 13.9 Å². The second-order valence-electron chi connectivity index (χ2n) is 12.0. The summed E-state index contributed by atoms with van der Waals surface area (Å²) in [4.78, 5) is 31.1. The number of aryl methyl sites for hydroxylation is 1. The molecule has 0 unspecified atom stereocenters. The Morgan fingerprint density at radius 3 is 2.83 bits per heavy atom. The zero-order chi connectivity index (χ0) is 29.2. The monoisotopic (exact) mass is 573 g/mol. The lowest BCUT2D eigenvalue weighted by atomic mass is 9.88. The zero-order valence-corrected chi connectivity index (χ0v) is 24.5. The number of hydrogen-bond donors (Lipinski definition) is 0. The quantitative estimate of drug-likeness (QED) is 0.465. The summed E-state index contributed by atoms with van der Waals surface area (Å²) >= 11 is 0. The fourth-order valence-corrected chi connectivity index (χ4v) is 7.20. The van der Waals surface area contributed by atoms with Gasteiger partial charge in [0, 0.05) is 55.9 Å². The second kappa shape index (κ2) is 12.3. The highest BCUT2D eigenvalue weighted by atomic mass is 19.1. The highest BCUT2D eigenvalue weighted by Gasteiger charge is 2.35. The van der Waals surface area contributed by atoms with Crippen LogP contribution in [0.25, 0.3) is 0 Å². The van der Waals surface area contributed by atoms with Gasteiger partial charge in [-0.25, -0.2) is 4.39 Å². The van der Waals surface area contributed by atoms with Crippen molar-refractivity contribution >= 4 is 17.4 Å². The summed E-state index contributed by atoms with van der Waals surface area (Å²) in [5, 5.41) is 9.51. The molecule has 2 saturated heterocycles. The third kappa shape index (κ3) is 5.67. The van der Waals surface area contributed by atoms with Crippen LogP contribution in [0.1, 0.15) is 48.9 Å². The standard InChI is InChI=1S/C32H40FN7O2/c1-3-30(41)40-17-16-38(20-25(40)12-13-34)31-27-11-10-24(39-15-4-6-22-8-9-23(33)18-29(22)39)19-28(27)35-32(36-31)42-21-26-7-5-14-37(26)2/h3,8-9,18,24-26H,1,4-7,10-12,14-17,19-21H2,2H3/t24-,25+,26+/m1/s1. The lowest BCUT2D eigenvalue weighted by molar-refractivity contribution is -0.128. The van der Waals surface area contributed by atoms with Crippen LogP contribution in [0.5, 0.6) is 6.01 Å². The fraction of sp³-hybridized carbons (Fsp3) is 0.562. The van der Waals surface area contributed by atoms with Crippen molar-refractivity contribution in [3.8, 4) is 12.1 Å². The second-order valence-corrected chi connectivity index (χ2v) is 12.0. The predicted molar refractivity (Wildman–Crippen MR) is 159 cm³/mol. The average molecular weight is 574 g/mol. The van der Waals surface area contributed by atoms with Crippen molar-refractivity contribution in [2.45, 2.75) is 69.5 Å². The largest absolute Gasteiger partial charge is 0.462 e. The van der Waals surface area contributed by atoms with E-state index in [0.717, 1.165) is 80.8 Å². The minimum absolute atomic E-state index is 0.148. The number of anilines is 2. The number of aromatic nitrogens is 2. The Labute approximate surface area is 247 Å². The third-order valence-corrected chi connectivity index (χ3v) is 9.49. The first-order valence-corrected chi connectivity index (χ1v) is 15.3. The molecule has 0 radical (unpaired) electrons. The number of carbonyl (C=O) groups is 1. The SMILES string of the molecule is C=CC(=O)N1CCN(c2nc(OC[C@@H]3CCCN3C)nc3c2CC[C@@H](N2CCCc4ccc(F)cc42)C3)C[C@@H]1CC#N. The number of nitriles is 1. The number of rotatable bonds is 7. The highest BCUT2D eigenvalue weighted by molar-refractivity contribution is 5.87. The van der Waals surface area contributed by atoms with E-state index in [1.807, 2.05) is 6.07 Å². The van der Waals surface area contributed by atoms with Crippen LogP contribution in [-0.2, 0) is 24.1 Å². The number of fused-ring (bicyclic) bond motifs is 2. The van der Waals surface area contributed by atoms with Crippen LogP contribution in [0, 0.1) is 17.1 Å². The van der Waals surface area contributed by atoms with Crippen molar-refractivity contribution in [2.75, 3.05) is 56.2 Å². The van der Waals surface area contributed by atoms with Gasteiger partial charge in [0.05, 0.1) is 24.2 Å². The van der Waals surface area contributed by atoms with Gasteiger partial charge in [-0.3, -0.25) is 4.79 Å². The first-order chi connectivity index (χ1) is 20.4. The molecule has 1 amide bonds. The molecule has 3 atom stereocenters. The summed E-state index contributed by atoms with van der Waals surface area (Å²) in [6, 6.07) is 8.12.